The van der Waals surface area contributed by atoms with Gasteiger partial charge >= 0.3 is 0 Å². The predicted molar refractivity (Wildman–Crippen MR) is 99.7 cm³/mol. The molecule has 3 heterocycles. The van der Waals surface area contributed by atoms with Crippen LogP contribution in [0.1, 0.15) is 51.8 Å². The zero-order valence-corrected chi connectivity index (χ0v) is 15.7. The van der Waals surface area contributed by atoms with Gasteiger partial charge in [-0.05, 0) is 52.5 Å². The Morgan fingerprint density at radius 1 is 1.38 bits per heavy atom. The quantitative estimate of drug-likeness (QED) is 0.924. The summed E-state index contributed by atoms with van der Waals surface area (Å²) in [6.45, 7) is 9.08. The first-order valence-electron chi connectivity index (χ1n) is 8.71. The number of amides is 1. The Balaban J connectivity index is 1.96. The van der Waals surface area contributed by atoms with Gasteiger partial charge in [0.2, 0.25) is 5.91 Å². The van der Waals surface area contributed by atoms with E-state index in [1.165, 1.54) is 4.88 Å². The van der Waals surface area contributed by atoms with Gasteiger partial charge in [-0.25, -0.2) is 9.97 Å². The molecule has 2 aromatic heterocycles. The predicted octanol–water partition coefficient (Wildman–Crippen LogP) is 3.53. The van der Waals surface area contributed by atoms with E-state index >= 15 is 0 Å². The number of hydrogen-bond acceptors (Lipinski definition) is 5. The average molecular weight is 347 g/mol. The third kappa shape index (κ3) is 3.53. The van der Waals surface area contributed by atoms with Crippen molar-refractivity contribution in [3.05, 3.63) is 17.3 Å². The molecule has 1 atom stereocenters. The molecule has 0 aromatic carbocycles. The van der Waals surface area contributed by atoms with Crippen LogP contribution in [0.3, 0.4) is 0 Å². The summed E-state index contributed by atoms with van der Waals surface area (Å²) in [7, 11) is 0. The summed E-state index contributed by atoms with van der Waals surface area (Å²) in [4.78, 5) is 26.3. The van der Waals surface area contributed by atoms with Crippen LogP contribution in [-0.2, 0) is 11.2 Å². The van der Waals surface area contributed by atoms with Gasteiger partial charge < -0.3 is 10.2 Å². The van der Waals surface area contributed by atoms with Crippen LogP contribution in [0.25, 0.3) is 10.2 Å². The molecule has 3 rings (SSSR count). The van der Waals surface area contributed by atoms with Crippen molar-refractivity contribution in [3.8, 4) is 0 Å². The first-order valence-corrected chi connectivity index (χ1v) is 9.53. The van der Waals surface area contributed by atoms with E-state index in [0.717, 1.165) is 48.3 Å². The van der Waals surface area contributed by atoms with Crippen molar-refractivity contribution in [1.82, 2.24) is 15.3 Å². The zero-order chi connectivity index (χ0) is 17.3. The summed E-state index contributed by atoms with van der Waals surface area (Å²) in [5, 5.41) is 4.21. The van der Waals surface area contributed by atoms with Gasteiger partial charge in [0.25, 0.3) is 0 Å². The number of aromatic nitrogens is 2. The topological polar surface area (TPSA) is 58.1 Å². The number of nitrogens with zero attached hydrogens (tertiary/aromatic N) is 3. The lowest BCUT2D eigenvalue weighted by molar-refractivity contribution is -0.124. The molecule has 5 nitrogen and oxygen atoms in total. The van der Waals surface area contributed by atoms with Crippen LogP contribution in [0, 0.1) is 0 Å². The summed E-state index contributed by atoms with van der Waals surface area (Å²) in [5.74, 6) is 1.00. The highest BCUT2D eigenvalue weighted by Crippen LogP contribution is 2.33. The van der Waals surface area contributed by atoms with E-state index in [4.69, 9.17) is 0 Å². The van der Waals surface area contributed by atoms with Gasteiger partial charge in [0, 0.05) is 17.0 Å². The maximum Gasteiger partial charge on any atom is 0.243 e. The fourth-order valence-electron chi connectivity index (χ4n) is 3.21. The standard InChI is InChI=1S/C18H26N4OS/c1-5-12-10-13-15(19-11-20-17(13)24-12)22-9-7-6-8-14(22)16(23)21-18(2,3)4/h10-11,14H,5-9H2,1-4H3,(H,21,23)/t14-/m1/s1. The SMILES string of the molecule is CCc1cc2c(N3CCCC[C@@H]3C(=O)NC(C)(C)C)ncnc2s1. The molecule has 1 aliphatic heterocycles. The van der Waals surface area contributed by atoms with Crippen molar-refractivity contribution in [3.63, 3.8) is 0 Å². The zero-order valence-electron chi connectivity index (χ0n) is 14.9. The minimum atomic E-state index is -0.223. The Labute approximate surface area is 147 Å². The van der Waals surface area contributed by atoms with E-state index < -0.39 is 0 Å². The van der Waals surface area contributed by atoms with E-state index in [2.05, 4.69) is 33.2 Å². The van der Waals surface area contributed by atoms with Crippen LogP contribution < -0.4 is 10.2 Å². The minimum Gasteiger partial charge on any atom is -0.350 e. The number of thiophene rings is 1. The normalized spacial score (nSPS) is 18.8. The number of piperidine rings is 1. The number of fused-ring (bicyclic) bond motifs is 1. The van der Waals surface area contributed by atoms with E-state index in [0.29, 0.717) is 0 Å². The Kier molecular flexibility index (Phi) is 4.76. The van der Waals surface area contributed by atoms with E-state index in [9.17, 15) is 4.79 Å². The molecule has 0 radical (unpaired) electrons. The first-order chi connectivity index (χ1) is 11.4. The lowest BCUT2D eigenvalue weighted by Crippen LogP contribution is -2.54. The summed E-state index contributed by atoms with van der Waals surface area (Å²) in [5.41, 5.74) is -0.223. The summed E-state index contributed by atoms with van der Waals surface area (Å²) >= 11 is 1.72. The number of rotatable bonds is 3. The molecule has 1 aliphatic rings. The molecule has 1 N–H and O–H groups in total. The molecule has 1 amide bonds. The number of carbonyl (C=O) groups excluding carboxylic acids is 1. The second kappa shape index (κ2) is 6.67. The lowest BCUT2D eigenvalue weighted by atomic mass is 9.99. The molecule has 0 saturated carbocycles. The monoisotopic (exact) mass is 346 g/mol. The van der Waals surface area contributed by atoms with Crippen molar-refractivity contribution >= 4 is 33.3 Å². The number of hydrogen-bond donors (Lipinski definition) is 1. The van der Waals surface area contributed by atoms with Crippen molar-refractivity contribution in [2.24, 2.45) is 0 Å². The van der Waals surface area contributed by atoms with E-state index in [-0.39, 0.29) is 17.5 Å². The molecule has 1 fully saturated rings. The van der Waals surface area contributed by atoms with Crippen molar-refractivity contribution in [2.75, 3.05) is 11.4 Å². The van der Waals surface area contributed by atoms with Crippen LogP contribution in [0.2, 0.25) is 0 Å². The highest BCUT2D eigenvalue weighted by atomic mass is 32.1. The Morgan fingerprint density at radius 3 is 2.88 bits per heavy atom. The maximum absolute atomic E-state index is 12.8. The molecular weight excluding hydrogens is 320 g/mol. The highest BCUT2D eigenvalue weighted by molar-refractivity contribution is 7.18. The minimum absolute atomic E-state index is 0.0971. The fourth-order valence-corrected chi connectivity index (χ4v) is 4.14. The van der Waals surface area contributed by atoms with Crippen LogP contribution in [-0.4, -0.2) is 34.0 Å². The Morgan fingerprint density at radius 2 is 2.17 bits per heavy atom. The number of carbonyl (C=O) groups is 1. The molecule has 6 heteroatoms. The molecule has 24 heavy (non-hydrogen) atoms. The Bertz CT molecular complexity index is 734. The van der Waals surface area contributed by atoms with E-state index in [1.54, 1.807) is 17.7 Å². The molecule has 2 aromatic rings. The van der Waals surface area contributed by atoms with Crippen LogP contribution in [0.5, 0.6) is 0 Å². The molecular formula is C18H26N4OS. The summed E-state index contributed by atoms with van der Waals surface area (Å²) < 4.78 is 0. The molecule has 0 spiro atoms. The maximum atomic E-state index is 12.8. The number of aryl methyl sites for hydroxylation is 1. The fraction of sp³-hybridized carbons (Fsp3) is 0.611. The van der Waals surface area contributed by atoms with Crippen LogP contribution >= 0.6 is 11.3 Å². The summed E-state index contributed by atoms with van der Waals surface area (Å²) in [6.07, 6.45) is 5.67. The van der Waals surface area contributed by atoms with Gasteiger partial charge in [0.15, 0.2) is 0 Å². The lowest BCUT2D eigenvalue weighted by Gasteiger charge is -2.37. The molecule has 0 unspecified atom stereocenters. The summed E-state index contributed by atoms with van der Waals surface area (Å²) in [6, 6.07) is 2.03. The van der Waals surface area contributed by atoms with Gasteiger partial charge in [0.05, 0.1) is 5.39 Å². The van der Waals surface area contributed by atoms with E-state index in [1.807, 2.05) is 20.8 Å². The first kappa shape index (κ1) is 17.1. The van der Waals surface area contributed by atoms with Crippen LogP contribution in [0.4, 0.5) is 5.82 Å². The third-order valence-corrected chi connectivity index (χ3v) is 5.47. The van der Waals surface area contributed by atoms with Crippen LogP contribution in [0.15, 0.2) is 12.4 Å². The van der Waals surface area contributed by atoms with Gasteiger partial charge in [0.1, 0.15) is 23.0 Å². The van der Waals surface area contributed by atoms with Gasteiger partial charge in [-0.3, -0.25) is 4.79 Å². The van der Waals surface area contributed by atoms with Gasteiger partial charge in [-0.2, -0.15) is 0 Å². The second-order valence-corrected chi connectivity index (χ2v) is 8.54. The highest BCUT2D eigenvalue weighted by Gasteiger charge is 2.32. The van der Waals surface area contributed by atoms with Crippen molar-refractivity contribution in [1.29, 1.82) is 0 Å². The molecule has 130 valence electrons. The molecule has 0 bridgehead atoms. The number of nitrogens with one attached hydrogen (secondary N) is 1. The third-order valence-electron chi connectivity index (χ3n) is 4.28. The largest absolute Gasteiger partial charge is 0.350 e. The van der Waals surface area contributed by atoms with Gasteiger partial charge in [-0.1, -0.05) is 6.92 Å². The number of anilines is 1. The van der Waals surface area contributed by atoms with Gasteiger partial charge in [-0.15, -0.1) is 11.3 Å². The Hall–Kier alpha value is -1.69. The molecule has 0 aliphatic carbocycles. The second-order valence-electron chi connectivity index (χ2n) is 7.43. The van der Waals surface area contributed by atoms with Crippen molar-refractivity contribution in [2.45, 2.75) is 65.0 Å². The molecule has 1 saturated heterocycles. The smallest absolute Gasteiger partial charge is 0.243 e. The average Bonchev–Trinajstić information content (AvgIpc) is 2.96. The van der Waals surface area contributed by atoms with Crippen molar-refractivity contribution < 1.29 is 4.79 Å².